The molecule has 0 unspecified atom stereocenters. The minimum atomic E-state index is -3.37. The lowest BCUT2D eigenvalue weighted by atomic mass is 9.87. The van der Waals surface area contributed by atoms with Crippen molar-refractivity contribution >= 4 is 16.0 Å². The molecule has 7 heteroatoms. The summed E-state index contributed by atoms with van der Waals surface area (Å²) in [6.45, 7) is 4.32. The Bertz CT molecular complexity index is 735. The van der Waals surface area contributed by atoms with E-state index in [-0.39, 0.29) is 0 Å². The maximum absolute atomic E-state index is 12.7. The minimum Gasteiger partial charge on any atom is -0.356 e. The molecule has 3 rings (SSSR count). The highest BCUT2D eigenvalue weighted by Crippen LogP contribution is 2.24. The summed E-state index contributed by atoms with van der Waals surface area (Å²) in [7, 11) is -1.55. The molecule has 0 aromatic heterocycles. The number of sulfonamides is 1. The first-order valence-electron chi connectivity index (χ1n) is 10.5. The van der Waals surface area contributed by atoms with Crippen molar-refractivity contribution in [3.63, 3.8) is 0 Å². The summed E-state index contributed by atoms with van der Waals surface area (Å²) in [5, 5.41) is 7.01. The number of aliphatic imine (C=N–C) groups is 1. The smallest absolute Gasteiger partial charge is 0.243 e. The highest BCUT2D eigenvalue weighted by atomic mass is 32.2. The number of rotatable bonds is 5. The molecular formula is C21H34N4O2S. The van der Waals surface area contributed by atoms with E-state index < -0.39 is 10.0 Å². The molecule has 0 bridgehead atoms. The zero-order valence-corrected chi connectivity index (χ0v) is 17.9. The van der Waals surface area contributed by atoms with Crippen LogP contribution in [0.15, 0.2) is 40.2 Å². The maximum Gasteiger partial charge on any atom is 0.243 e. The summed E-state index contributed by atoms with van der Waals surface area (Å²) in [5.41, 5.74) is 0. The second kappa shape index (κ2) is 9.74. The molecule has 6 nitrogen and oxygen atoms in total. The van der Waals surface area contributed by atoms with Crippen molar-refractivity contribution in [2.75, 3.05) is 26.7 Å². The molecule has 1 saturated heterocycles. The second-order valence-corrected chi connectivity index (χ2v) is 10.2. The number of hydrogen-bond acceptors (Lipinski definition) is 3. The van der Waals surface area contributed by atoms with Crippen molar-refractivity contribution in [1.82, 2.24) is 14.9 Å². The van der Waals surface area contributed by atoms with E-state index in [4.69, 9.17) is 0 Å². The van der Waals surface area contributed by atoms with Crippen molar-refractivity contribution in [2.24, 2.45) is 16.8 Å². The molecule has 28 heavy (non-hydrogen) atoms. The zero-order valence-electron chi connectivity index (χ0n) is 17.1. The SMILES string of the molecule is CN=C(NCC1CCN(S(=O)(=O)c2ccccc2)CC1)NC1CCC(C)CC1. The first-order chi connectivity index (χ1) is 13.5. The van der Waals surface area contributed by atoms with E-state index in [2.05, 4.69) is 22.5 Å². The van der Waals surface area contributed by atoms with Crippen LogP contribution in [0.25, 0.3) is 0 Å². The van der Waals surface area contributed by atoms with Gasteiger partial charge >= 0.3 is 0 Å². The largest absolute Gasteiger partial charge is 0.356 e. The molecule has 2 fully saturated rings. The summed E-state index contributed by atoms with van der Waals surface area (Å²) >= 11 is 0. The van der Waals surface area contributed by atoms with E-state index >= 15 is 0 Å². The number of nitrogens with zero attached hydrogens (tertiary/aromatic N) is 2. The molecule has 156 valence electrons. The summed E-state index contributed by atoms with van der Waals surface area (Å²) in [6.07, 6.45) is 6.72. The van der Waals surface area contributed by atoms with Gasteiger partial charge in [-0.3, -0.25) is 4.99 Å². The van der Waals surface area contributed by atoms with Gasteiger partial charge in [0.05, 0.1) is 4.90 Å². The van der Waals surface area contributed by atoms with Crippen LogP contribution in [0.1, 0.15) is 45.4 Å². The van der Waals surface area contributed by atoms with Gasteiger partial charge in [0.2, 0.25) is 10.0 Å². The first kappa shape index (κ1) is 21.1. The molecule has 0 spiro atoms. The van der Waals surface area contributed by atoms with E-state index in [1.807, 2.05) is 13.1 Å². The fraction of sp³-hybridized carbons (Fsp3) is 0.667. The number of hydrogen-bond donors (Lipinski definition) is 2. The van der Waals surface area contributed by atoms with Gasteiger partial charge in [0.1, 0.15) is 0 Å². The Hall–Kier alpha value is -1.60. The number of piperidine rings is 1. The molecule has 1 aliphatic heterocycles. The van der Waals surface area contributed by atoms with Crippen LogP contribution >= 0.6 is 0 Å². The van der Waals surface area contributed by atoms with Gasteiger partial charge in [-0.25, -0.2) is 8.42 Å². The molecule has 0 radical (unpaired) electrons. The Morgan fingerprint density at radius 1 is 1.07 bits per heavy atom. The van der Waals surface area contributed by atoms with E-state index in [0.29, 0.717) is 29.9 Å². The van der Waals surface area contributed by atoms with Gasteiger partial charge in [-0.1, -0.05) is 25.1 Å². The maximum atomic E-state index is 12.7. The lowest BCUT2D eigenvalue weighted by Gasteiger charge is -2.32. The Balaban J connectivity index is 1.44. The third-order valence-corrected chi connectivity index (χ3v) is 8.01. The van der Waals surface area contributed by atoms with Gasteiger partial charge in [0, 0.05) is 32.7 Å². The Kier molecular flexibility index (Phi) is 7.35. The molecule has 0 amide bonds. The summed E-state index contributed by atoms with van der Waals surface area (Å²) < 4.78 is 27.1. The molecule has 1 aliphatic carbocycles. The molecular weight excluding hydrogens is 372 g/mol. The van der Waals surface area contributed by atoms with Crippen LogP contribution in [0.4, 0.5) is 0 Å². The Morgan fingerprint density at radius 3 is 2.32 bits per heavy atom. The zero-order chi connectivity index (χ0) is 20.0. The van der Waals surface area contributed by atoms with Crippen LogP contribution in [0, 0.1) is 11.8 Å². The summed E-state index contributed by atoms with van der Waals surface area (Å²) in [5.74, 6) is 2.18. The highest BCUT2D eigenvalue weighted by molar-refractivity contribution is 7.89. The van der Waals surface area contributed by atoms with E-state index in [1.54, 1.807) is 28.6 Å². The molecule has 2 aliphatic rings. The van der Waals surface area contributed by atoms with E-state index in [1.165, 1.54) is 25.7 Å². The lowest BCUT2D eigenvalue weighted by molar-refractivity contribution is 0.272. The molecule has 1 aromatic carbocycles. The molecule has 2 N–H and O–H groups in total. The fourth-order valence-electron chi connectivity index (χ4n) is 4.13. The third kappa shape index (κ3) is 5.47. The normalized spacial score (nSPS) is 25.4. The third-order valence-electron chi connectivity index (χ3n) is 6.09. The monoisotopic (exact) mass is 406 g/mol. The van der Waals surface area contributed by atoms with E-state index in [0.717, 1.165) is 31.3 Å². The van der Waals surface area contributed by atoms with Crippen molar-refractivity contribution < 1.29 is 8.42 Å². The van der Waals surface area contributed by atoms with Crippen molar-refractivity contribution in [3.05, 3.63) is 30.3 Å². The van der Waals surface area contributed by atoms with Gasteiger partial charge in [-0.15, -0.1) is 0 Å². The minimum absolute atomic E-state index is 0.387. The van der Waals surface area contributed by atoms with Crippen molar-refractivity contribution in [3.8, 4) is 0 Å². The van der Waals surface area contributed by atoms with Crippen LogP contribution < -0.4 is 10.6 Å². The quantitative estimate of drug-likeness (QED) is 0.582. The average molecular weight is 407 g/mol. The van der Waals surface area contributed by atoms with Gasteiger partial charge in [0.15, 0.2) is 5.96 Å². The average Bonchev–Trinajstić information content (AvgIpc) is 2.73. The molecule has 0 atom stereocenters. The first-order valence-corrected chi connectivity index (χ1v) is 12.0. The topological polar surface area (TPSA) is 73.8 Å². The van der Waals surface area contributed by atoms with Gasteiger partial charge in [-0.2, -0.15) is 4.31 Å². The van der Waals surface area contributed by atoms with Gasteiger partial charge < -0.3 is 10.6 Å². The summed E-state index contributed by atoms with van der Waals surface area (Å²) in [6, 6.07) is 9.24. The highest BCUT2D eigenvalue weighted by Gasteiger charge is 2.29. The van der Waals surface area contributed by atoms with Gasteiger partial charge in [-0.05, 0) is 62.5 Å². The van der Waals surface area contributed by atoms with Crippen LogP contribution in [0.3, 0.4) is 0 Å². The number of benzene rings is 1. The van der Waals surface area contributed by atoms with Crippen LogP contribution in [0.2, 0.25) is 0 Å². The number of guanidine groups is 1. The molecule has 1 heterocycles. The van der Waals surface area contributed by atoms with Crippen LogP contribution in [-0.4, -0.2) is 51.4 Å². The standard InChI is InChI=1S/C21H34N4O2S/c1-17-8-10-19(11-9-17)24-21(22-2)23-16-18-12-14-25(15-13-18)28(26,27)20-6-4-3-5-7-20/h3-7,17-19H,8-16H2,1-2H3,(H2,22,23,24). The van der Waals surface area contributed by atoms with Crippen LogP contribution in [-0.2, 0) is 10.0 Å². The molecule has 1 saturated carbocycles. The number of nitrogens with one attached hydrogen (secondary N) is 2. The van der Waals surface area contributed by atoms with Crippen LogP contribution in [0.5, 0.6) is 0 Å². The lowest BCUT2D eigenvalue weighted by Crippen LogP contribution is -2.47. The summed E-state index contributed by atoms with van der Waals surface area (Å²) in [4.78, 5) is 4.75. The molecule has 1 aromatic rings. The predicted molar refractivity (Wildman–Crippen MR) is 114 cm³/mol. The van der Waals surface area contributed by atoms with E-state index in [9.17, 15) is 8.42 Å². The van der Waals surface area contributed by atoms with Crippen molar-refractivity contribution in [1.29, 1.82) is 0 Å². The fourth-order valence-corrected chi connectivity index (χ4v) is 5.62. The van der Waals surface area contributed by atoms with Crippen molar-refractivity contribution in [2.45, 2.75) is 56.4 Å². The van der Waals surface area contributed by atoms with Gasteiger partial charge in [0.25, 0.3) is 0 Å². The Morgan fingerprint density at radius 2 is 1.71 bits per heavy atom. The second-order valence-electron chi connectivity index (χ2n) is 8.21. The predicted octanol–water partition coefficient (Wildman–Crippen LogP) is 2.83. The Labute approximate surface area is 169 Å².